The number of thiol groups is 1. The van der Waals surface area contributed by atoms with Crippen molar-refractivity contribution >= 4 is 35.3 Å². The first-order chi connectivity index (χ1) is 9.69. The number of nitrogens with zero attached hydrogens (tertiary/aromatic N) is 1. The highest BCUT2D eigenvalue weighted by Crippen LogP contribution is 2.18. The minimum atomic E-state index is 0.376. The van der Waals surface area contributed by atoms with Gasteiger partial charge in [0.05, 0.1) is 5.69 Å². The van der Waals surface area contributed by atoms with Gasteiger partial charge in [0.15, 0.2) is 0 Å². The minimum Gasteiger partial charge on any atom is -0.384 e. The minimum absolute atomic E-state index is 0.376. The second kappa shape index (κ2) is 6.73. The quantitative estimate of drug-likeness (QED) is 0.447. The summed E-state index contributed by atoms with van der Waals surface area (Å²) < 4.78 is 0. The number of benzene rings is 2. The van der Waals surface area contributed by atoms with Crippen LogP contribution < -0.4 is 5.73 Å². The number of rotatable bonds is 4. The Kier molecular flexibility index (Phi) is 4.74. The predicted octanol–water partition coefficient (Wildman–Crippen LogP) is 3.64. The van der Waals surface area contributed by atoms with E-state index in [1.807, 2.05) is 48.5 Å². The van der Waals surface area contributed by atoms with Crippen molar-refractivity contribution in [3.8, 4) is 0 Å². The van der Waals surface area contributed by atoms with E-state index < -0.39 is 0 Å². The summed E-state index contributed by atoms with van der Waals surface area (Å²) in [5.41, 5.74) is 8.40. The van der Waals surface area contributed by atoms with E-state index in [2.05, 4.69) is 17.6 Å². The fraction of sp³-hybridized carbons (Fsp3) is 0. The van der Waals surface area contributed by atoms with E-state index in [4.69, 9.17) is 11.1 Å². The average molecular weight is 281 g/mol. The summed E-state index contributed by atoms with van der Waals surface area (Å²) in [6.45, 7) is 0. The topological polar surface area (TPSA) is 62.2 Å². The van der Waals surface area contributed by atoms with Crippen molar-refractivity contribution in [2.24, 2.45) is 10.7 Å². The third kappa shape index (κ3) is 3.83. The Labute approximate surface area is 123 Å². The van der Waals surface area contributed by atoms with Crippen LogP contribution in [0.5, 0.6) is 0 Å². The van der Waals surface area contributed by atoms with Crippen molar-refractivity contribution in [1.29, 1.82) is 5.41 Å². The van der Waals surface area contributed by atoms with Gasteiger partial charge in [0, 0.05) is 11.1 Å². The smallest absolute Gasteiger partial charge is 0.125 e. The third-order valence-corrected chi connectivity index (χ3v) is 3.04. The van der Waals surface area contributed by atoms with Crippen molar-refractivity contribution < 1.29 is 0 Å². The SMILES string of the molecule is N=Cc1cccc(N=C(N)/C=C(\S)c2ccccc2)c1. The number of amidine groups is 1. The molecule has 100 valence electrons. The molecule has 0 heterocycles. The molecule has 2 aromatic rings. The normalized spacial score (nSPS) is 12.2. The van der Waals surface area contributed by atoms with E-state index in [-0.39, 0.29) is 0 Å². The van der Waals surface area contributed by atoms with Crippen LogP contribution in [-0.4, -0.2) is 12.1 Å². The lowest BCUT2D eigenvalue weighted by Gasteiger charge is -2.01. The van der Waals surface area contributed by atoms with Crippen LogP contribution in [0.3, 0.4) is 0 Å². The molecule has 0 aliphatic heterocycles. The summed E-state index contributed by atoms with van der Waals surface area (Å²) in [5, 5.41) is 7.22. The maximum absolute atomic E-state index is 7.22. The first kappa shape index (κ1) is 14.1. The molecule has 0 aliphatic rings. The van der Waals surface area contributed by atoms with Gasteiger partial charge in [-0.25, -0.2) is 4.99 Å². The molecule has 2 aromatic carbocycles. The van der Waals surface area contributed by atoms with Crippen molar-refractivity contribution in [3.63, 3.8) is 0 Å². The van der Waals surface area contributed by atoms with Crippen LogP contribution >= 0.6 is 12.6 Å². The first-order valence-corrected chi connectivity index (χ1v) is 6.54. The van der Waals surface area contributed by atoms with Crippen molar-refractivity contribution in [1.82, 2.24) is 0 Å². The third-order valence-electron chi connectivity index (χ3n) is 2.65. The van der Waals surface area contributed by atoms with Crippen LogP contribution in [0.15, 0.2) is 65.7 Å². The van der Waals surface area contributed by atoms with Gasteiger partial charge >= 0.3 is 0 Å². The Bertz CT molecular complexity index is 660. The lowest BCUT2D eigenvalue weighted by atomic mass is 10.2. The summed E-state index contributed by atoms with van der Waals surface area (Å²) >= 11 is 4.43. The molecule has 0 aromatic heterocycles. The summed E-state index contributed by atoms with van der Waals surface area (Å²) in [5.74, 6) is 0.376. The van der Waals surface area contributed by atoms with Crippen molar-refractivity contribution in [3.05, 3.63) is 71.8 Å². The lowest BCUT2D eigenvalue weighted by molar-refractivity contribution is 1.46. The van der Waals surface area contributed by atoms with Crippen LogP contribution in [0.25, 0.3) is 4.91 Å². The predicted molar refractivity (Wildman–Crippen MR) is 89.0 cm³/mol. The van der Waals surface area contributed by atoms with Crippen LogP contribution in [0.2, 0.25) is 0 Å². The van der Waals surface area contributed by atoms with Gasteiger partial charge in [-0.3, -0.25) is 0 Å². The Morgan fingerprint density at radius 1 is 1.10 bits per heavy atom. The highest BCUT2D eigenvalue weighted by atomic mass is 32.1. The van der Waals surface area contributed by atoms with Crippen LogP contribution in [0.4, 0.5) is 5.69 Å². The van der Waals surface area contributed by atoms with E-state index in [1.165, 1.54) is 6.21 Å². The zero-order chi connectivity index (χ0) is 14.4. The van der Waals surface area contributed by atoms with Gasteiger partial charge in [-0.1, -0.05) is 42.5 Å². The number of aliphatic imine (C=N–C) groups is 1. The highest BCUT2D eigenvalue weighted by molar-refractivity contribution is 7.90. The largest absolute Gasteiger partial charge is 0.384 e. The van der Waals surface area contributed by atoms with Crippen LogP contribution in [0, 0.1) is 5.41 Å². The molecule has 0 saturated carbocycles. The molecule has 3 nitrogen and oxygen atoms in total. The lowest BCUT2D eigenvalue weighted by Crippen LogP contribution is -2.07. The van der Waals surface area contributed by atoms with Gasteiger partial charge < -0.3 is 11.1 Å². The van der Waals surface area contributed by atoms with E-state index in [0.717, 1.165) is 16.0 Å². The maximum atomic E-state index is 7.22. The van der Waals surface area contributed by atoms with Gasteiger partial charge in [0.2, 0.25) is 0 Å². The molecule has 0 radical (unpaired) electrons. The molecule has 0 fully saturated rings. The maximum Gasteiger partial charge on any atom is 0.125 e. The Balaban J connectivity index is 2.24. The Morgan fingerprint density at radius 3 is 2.55 bits per heavy atom. The van der Waals surface area contributed by atoms with E-state index in [9.17, 15) is 0 Å². The van der Waals surface area contributed by atoms with Gasteiger partial charge in [0.25, 0.3) is 0 Å². The summed E-state index contributed by atoms with van der Waals surface area (Å²) in [6.07, 6.45) is 2.99. The van der Waals surface area contributed by atoms with Gasteiger partial charge in [-0.05, 0) is 29.3 Å². The average Bonchev–Trinajstić information content (AvgIpc) is 2.48. The van der Waals surface area contributed by atoms with E-state index in [0.29, 0.717) is 11.5 Å². The molecule has 0 unspecified atom stereocenters. The number of nitrogens with one attached hydrogen (secondary N) is 1. The standard InChI is InChI=1S/C16H15N3S/c17-11-12-5-4-8-14(9-12)19-16(18)10-15(20)13-6-2-1-3-7-13/h1-11,17,20H,(H2,18,19)/b15-10-,17-11?. The van der Waals surface area contributed by atoms with E-state index in [1.54, 1.807) is 12.1 Å². The molecule has 20 heavy (non-hydrogen) atoms. The summed E-state index contributed by atoms with van der Waals surface area (Å²) in [7, 11) is 0. The van der Waals surface area contributed by atoms with Gasteiger partial charge in [-0.2, -0.15) is 0 Å². The van der Waals surface area contributed by atoms with Crippen molar-refractivity contribution in [2.75, 3.05) is 0 Å². The molecular formula is C16H15N3S. The molecule has 3 N–H and O–H groups in total. The molecule has 0 aliphatic carbocycles. The molecular weight excluding hydrogens is 266 g/mol. The fourth-order valence-electron chi connectivity index (χ4n) is 1.70. The second-order valence-electron chi connectivity index (χ2n) is 4.17. The first-order valence-electron chi connectivity index (χ1n) is 6.10. The fourth-order valence-corrected chi connectivity index (χ4v) is 1.98. The molecule has 2 rings (SSSR count). The molecule has 0 spiro atoms. The van der Waals surface area contributed by atoms with Crippen LogP contribution in [0.1, 0.15) is 11.1 Å². The molecule has 4 heteroatoms. The van der Waals surface area contributed by atoms with Crippen LogP contribution in [-0.2, 0) is 0 Å². The molecule has 0 saturated heterocycles. The monoisotopic (exact) mass is 281 g/mol. The Morgan fingerprint density at radius 2 is 1.85 bits per heavy atom. The second-order valence-corrected chi connectivity index (χ2v) is 4.65. The highest BCUT2D eigenvalue weighted by Gasteiger charge is 1.97. The van der Waals surface area contributed by atoms with Gasteiger partial charge in [0.1, 0.15) is 5.84 Å². The number of hydrogen-bond donors (Lipinski definition) is 3. The zero-order valence-electron chi connectivity index (χ0n) is 10.8. The zero-order valence-corrected chi connectivity index (χ0v) is 11.7. The molecule has 0 bridgehead atoms. The van der Waals surface area contributed by atoms with E-state index >= 15 is 0 Å². The molecule has 0 amide bonds. The number of nitrogens with two attached hydrogens (primary N) is 1. The van der Waals surface area contributed by atoms with Gasteiger partial charge in [-0.15, -0.1) is 12.6 Å². The molecule has 0 atom stereocenters. The summed E-state index contributed by atoms with van der Waals surface area (Å²) in [6, 6.07) is 17.1. The Hall–Kier alpha value is -2.33. The van der Waals surface area contributed by atoms with Crippen molar-refractivity contribution in [2.45, 2.75) is 0 Å². The number of hydrogen-bond acceptors (Lipinski definition) is 3. The summed E-state index contributed by atoms with van der Waals surface area (Å²) in [4.78, 5) is 5.06.